The summed E-state index contributed by atoms with van der Waals surface area (Å²) in [6.07, 6.45) is 2.23. The number of nitrogens with zero attached hydrogens (tertiary/aromatic N) is 1. The van der Waals surface area contributed by atoms with E-state index >= 15 is 0 Å². The molecule has 0 aliphatic heterocycles. The zero-order chi connectivity index (χ0) is 21.5. The van der Waals surface area contributed by atoms with Gasteiger partial charge in [-0.15, -0.1) is 11.8 Å². The Balaban J connectivity index is 1.88. The molecule has 7 heteroatoms. The Labute approximate surface area is 178 Å². The SMILES string of the molecule is CSc1ncccc1C(=O)OC(C(=O)Nc1cccc(C(C)=O)c1)c1ccccc1. The van der Waals surface area contributed by atoms with E-state index in [0.29, 0.717) is 21.8 Å². The minimum Gasteiger partial charge on any atom is -0.444 e. The highest BCUT2D eigenvalue weighted by atomic mass is 32.2. The van der Waals surface area contributed by atoms with E-state index in [1.54, 1.807) is 66.9 Å². The molecule has 3 aromatic rings. The largest absolute Gasteiger partial charge is 0.444 e. The molecule has 0 aliphatic rings. The molecule has 1 aromatic heterocycles. The summed E-state index contributed by atoms with van der Waals surface area (Å²) in [6.45, 7) is 1.45. The Hall–Kier alpha value is -3.45. The average Bonchev–Trinajstić information content (AvgIpc) is 2.77. The van der Waals surface area contributed by atoms with Crippen LogP contribution in [0.3, 0.4) is 0 Å². The fourth-order valence-corrected chi connectivity index (χ4v) is 3.34. The third-order valence-corrected chi connectivity index (χ3v) is 5.00. The molecule has 1 amide bonds. The number of esters is 1. The Morgan fingerprint density at radius 1 is 1.00 bits per heavy atom. The van der Waals surface area contributed by atoms with Gasteiger partial charge in [0, 0.05) is 23.0 Å². The van der Waals surface area contributed by atoms with Crippen LogP contribution in [-0.4, -0.2) is 28.9 Å². The molecule has 6 nitrogen and oxygen atoms in total. The first-order chi connectivity index (χ1) is 14.5. The Morgan fingerprint density at radius 2 is 1.77 bits per heavy atom. The van der Waals surface area contributed by atoms with Crippen LogP contribution >= 0.6 is 11.8 Å². The lowest BCUT2D eigenvalue weighted by Gasteiger charge is -2.19. The zero-order valence-electron chi connectivity index (χ0n) is 16.5. The van der Waals surface area contributed by atoms with Crippen LogP contribution in [0.15, 0.2) is 78.0 Å². The van der Waals surface area contributed by atoms with Crippen molar-refractivity contribution in [2.45, 2.75) is 18.1 Å². The number of carbonyl (C=O) groups is 3. The van der Waals surface area contributed by atoms with Crippen LogP contribution in [0.2, 0.25) is 0 Å². The molecule has 1 atom stereocenters. The zero-order valence-corrected chi connectivity index (χ0v) is 17.3. The third kappa shape index (κ3) is 5.12. The number of benzene rings is 2. The molecule has 0 bridgehead atoms. The Morgan fingerprint density at radius 3 is 2.47 bits per heavy atom. The lowest BCUT2D eigenvalue weighted by Crippen LogP contribution is -2.26. The molecule has 1 N–H and O–H groups in total. The summed E-state index contributed by atoms with van der Waals surface area (Å²) in [6, 6.07) is 18.6. The summed E-state index contributed by atoms with van der Waals surface area (Å²) in [7, 11) is 0. The molecular formula is C23H20N2O4S. The summed E-state index contributed by atoms with van der Waals surface area (Å²) < 4.78 is 5.61. The standard InChI is InChI=1S/C23H20N2O4S/c1-15(26)17-10-6-11-18(14-17)25-21(27)20(16-8-4-3-5-9-16)29-23(28)19-12-7-13-24-22(19)30-2/h3-14,20H,1-2H3,(H,25,27). The predicted molar refractivity (Wildman–Crippen MR) is 116 cm³/mol. The van der Waals surface area contributed by atoms with Gasteiger partial charge in [0.25, 0.3) is 5.91 Å². The van der Waals surface area contributed by atoms with Crippen LogP contribution < -0.4 is 5.32 Å². The minimum atomic E-state index is -1.17. The maximum atomic E-state index is 13.0. The van der Waals surface area contributed by atoms with E-state index in [2.05, 4.69) is 10.3 Å². The predicted octanol–water partition coefficient (Wildman–Crippen LogP) is 4.54. The number of hydrogen-bond donors (Lipinski definition) is 1. The van der Waals surface area contributed by atoms with Gasteiger partial charge in [0.15, 0.2) is 5.78 Å². The number of aromatic nitrogens is 1. The highest BCUT2D eigenvalue weighted by Gasteiger charge is 2.27. The quantitative estimate of drug-likeness (QED) is 0.343. The number of ether oxygens (including phenoxy) is 1. The van der Waals surface area contributed by atoms with Gasteiger partial charge in [0.2, 0.25) is 6.10 Å². The molecule has 3 rings (SSSR count). The second kappa shape index (κ2) is 9.84. The summed E-state index contributed by atoms with van der Waals surface area (Å²) in [5, 5.41) is 3.25. The van der Waals surface area contributed by atoms with Crippen LogP contribution in [0, 0.1) is 0 Å². The van der Waals surface area contributed by atoms with E-state index < -0.39 is 18.0 Å². The summed E-state index contributed by atoms with van der Waals surface area (Å²) >= 11 is 1.32. The molecule has 0 saturated carbocycles. The van der Waals surface area contributed by atoms with Crippen LogP contribution in [0.25, 0.3) is 0 Å². The molecule has 2 aromatic carbocycles. The highest BCUT2D eigenvalue weighted by Crippen LogP contribution is 2.24. The second-order valence-electron chi connectivity index (χ2n) is 6.38. The highest BCUT2D eigenvalue weighted by molar-refractivity contribution is 7.98. The molecule has 1 heterocycles. The second-order valence-corrected chi connectivity index (χ2v) is 7.18. The van der Waals surface area contributed by atoms with Crippen LogP contribution in [0.5, 0.6) is 0 Å². The number of amides is 1. The number of hydrogen-bond acceptors (Lipinski definition) is 6. The Kier molecular flexibility index (Phi) is 6.98. The van der Waals surface area contributed by atoms with Gasteiger partial charge in [0.1, 0.15) is 5.03 Å². The van der Waals surface area contributed by atoms with Crippen molar-refractivity contribution in [3.8, 4) is 0 Å². The van der Waals surface area contributed by atoms with Crippen molar-refractivity contribution in [3.63, 3.8) is 0 Å². The van der Waals surface area contributed by atoms with Crippen molar-refractivity contribution in [1.82, 2.24) is 4.98 Å². The van der Waals surface area contributed by atoms with Gasteiger partial charge in [-0.2, -0.15) is 0 Å². The average molecular weight is 420 g/mol. The van der Waals surface area contributed by atoms with Crippen molar-refractivity contribution in [1.29, 1.82) is 0 Å². The minimum absolute atomic E-state index is 0.113. The number of Topliss-reactive ketones (excluding diaryl/α,β-unsaturated/α-hetero) is 1. The number of ketones is 1. The molecule has 0 aliphatic carbocycles. The smallest absolute Gasteiger partial charge is 0.342 e. The van der Waals surface area contributed by atoms with Crippen molar-refractivity contribution in [2.24, 2.45) is 0 Å². The van der Waals surface area contributed by atoms with E-state index in [9.17, 15) is 14.4 Å². The van der Waals surface area contributed by atoms with Crippen LogP contribution in [0.4, 0.5) is 5.69 Å². The van der Waals surface area contributed by atoms with Gasteiger partial charge >= 0.3 is 5.97 Å². The number of carbonyl (C=O) groups excluding carboxylic acids is 3. The van der Waals surface area contributed by atoms with Gasteiger partial charge in [-0.25, -0.2) is 9.78 Å². The van der Waals surface area contributed by atoms with Gasteiger partial charge in [-0.05, 0) is 37.4 Å². The molecule has 0 saturated heterocycles. The molecular weight excluding hydrogens is 400 g/mol. The summed E-state index contributed by atoms with van der Waals surface area (Å²) in [5.74, 6) is -1.28. The number of nitrogens with one attached hydrogen (secondary N) is 1. The maximum Gasteiger partial charge on any atom is 0.342 e. The van der Waals surface area contributed by atoms with Gasteiger partial charge in [-0.3, -0.25) is 9.59 Å². The van der Waals surface area contributed by atoms with Crippen LogP contribution in [0.1, 0.15) is 39.3 Å². The lowest BCUT2D eigenvalue weighted by molar-refractivity contribution is -0.125. The molecule has 30 heavy (non-hydrogen) atoms. The maximum absolute atomic E-state index is 13.0. The number of anilines is 1. The first kappa shape index (κ1) is 21.3. The third-order valence-electron chi connectivity index (χ3n) is 4.29. The molecule has 0 fully saturated rings. The Bertz CT molecular complexity index is 1070. The van der Waals surface area contributed by atoms with Gasteiger partial charge in [0.05, 0.1) is 5.56 Å². The normalized spacial score (nSPS) is 11.4. The summed E-state index contributed by atoms with van der Waals surface area (Å²) in [4.78, 5) is 41.6. The lowest BCUT2D eigenvalue weighted by atomic mass is 10.1. The van der Waals surface area contributed by atoms with Crippen molar-refractivity contribution >= 4 is 35.1 Å². The van der Waals surface area contributed by atoms with E-state index in [1.165, 1.54) is 18.7 Å². The van der Waals surface area contributed by atoms with Gasteiger partial charge in [-0.1, -0.05) is 42.5 Å². The first-order valence-electron chi connectivity index (χ1n) is 9.16. The fourth-order valence-electron chi connectivity index (χ4n) is 2.80. The molecule has 1 unspecified atom stereocenters. The van der Waals surface area contributed by atoms with E-state index in [4.69, 9.17) is 4.74 Å². The fraction of sp³-hybridized carbons (Fsp3) is 0.130. The van der Waals surface area contributed by atoms with E-state index in [-0.39, 0.29) is 11.3 Å². The topological polar surface area (TPSA) is 85.4 Å². The first-order valence-corrected chi connectivity index (χ1v) is 10.4. The van der Waals surface area contributed by atoms with Crippen LogP contribution in [-0.2, 0) is 9.53 Å². The monoisotopic (exact) mass is 420 g/mol. The number of thioether (sulfide) groups is 1. The van der Waals surface area contributed by atoms with E-state index in [1.807, 2.05) is 12.3 Å². The van der Waals surface area contributed by atoms with Crippen molar-refractivity contribution in [2.75, 3.05) is 11.6 Å². The van der Waals surface area contributed by atoms with Crippen molar-refractivity contribution in [3.05, 3.63) is 89.6 Å². The molecule has 0 spiro atoms. The van der Waals surface area contributed by atoms with Crippen molar-refractivity contribution < 1.29 is 19.1 Å². The summed E-state index contributed by atoms with van der Waals surface area (Å²) in [5.41, 5.74) is 1.73. The van der Waals surface area contributed by atoms with E-state index in [0.717, 1.165) is 0 Å². The number of rotatable bonds is 7. The molecule has 152 valence electrons. The molecule has 0 radical (unpaired) electrons. The number of pyridine rings is 1. The van der Waals surface area contributed by atoms with Gasteiger partial charge < -0.3 is 10.1 Å².